The molecule has 21 heavy (non-hydrogen) atoms. The fraction of sp³-hybridized carbons (Fsp3) is 0.267. The lowest BCUT2D eigenvalue weighted by atomic mass is 10.2. The summed E-state index contributed by atoms with van der Waals surface area (Å²) in [4.78, 5) is 16.1. The van der Waals surface area contributed by atoms with E-state index in [4.69, 9.17) is 16.1 Å². The number of aromatic nitrogens is 2. The van der Waals surface area contributed by atoms with Gasteiger partial charge in [0.05, 0.1) is 6.04 Å². The van der Waals surface area contributed by atoms with Crippen molar-refractivity contribution in [1.82, 2.24) is 15.5 Å². The van der Waals surface area contributed by atoms with Crippen LogP contribution in [0.3, 0.4) is 0 Å². The first-order chi connectivity index (χ1) is 10.1. The lowest BCUT2D eigenvalue weighted by molar-refractivity contribution is -0.117. The number of amides is 1. The van der Waals surface area contributed by atoms with Crippen molar-refractivity contribution in [2.24, 2.45) is 0 Å². The molecule has 0 aliphatic carbocycles. The van der Waals surface area contributed by atoms with Crippen LogP contribution in [-0.2, 0) is 4.79 Å². The van der Waals surface area contributed by atoms with Crippen molar-refractivity contribution in [3.8, 4) is 0 Å². The molecule has 1 atom stereocenters. The Bertz CT molecular complexity index is 635. The molecular weight excluding hydrogens is 290 g/mol. The highest BCUT2D eigenvalue weighted by Crippen LogP contribution is 2.13. The van der Waals surface area contributed by atoms with Gasteiger partial charge in [0.1, 0.15) is 0 Å². The summed E-state index contributed by atoms with van der Waals surface area (Å²) < 4.78 is 4.93. The van der Waals surface area contributed by atoms with E-state index in [1.807, 2.05) is 19.1 Å². The summed E-state index contributed by atoms with van der Waals surface area (Å²) in [5, 5.41) is 7.33. The molecule has 0 spiro atoms. The minimum absolute atomic E-state index is 0.209. The zero-order chi connectivity index (χ0) is 15.2. The van der Waals surface area contributed by atoms with Crippen molar-refractivity contribution in [1.29, 1.82) is 0 Å². The first kappa shape index (κ1) is 15.3. The van der Waals surface area contributed by atoms with E-state index in [-0.39, 0.29) is 11.9 Å². The van der Waals surface area contributed by atoms with Crippen molar-refractivity contribution < 1.29 is 9.32 Å². The second-order valence-electron chi connectivity index (χ2n) is 4.53. The number of nitrogens with zero attached hydrogens (tertiary/aromatic N) is 2. The summed E-state index contributed by atoms with van der Waals surface area (Å²) in [6, 6.07) is 6.97. The number of halogens is 1. The molecule has 0 saturated heterocycles. The molecule has 1 aromatic heterocycles. The van der Waals surface area contributed by atoms with Crippen LogP contribution in [0.5, 0.6) is 0 Å². The molecule has 0 aliphatic rings. The molecule has 2 rings (SSSR count). The van der Waals surface area contributed by atoms with Gasteiger partial charge in [-0.25, -0.2) is 0 Å². The van der Waals surface area contributed by atoms with E-state index in [0.29, 0.717) is 23.2 Å². The average Bonchev–Trinajstić information content (AvgIpc) is 2.90. The minimum Gasteiger partial charge on any atom is -0.342 e. The summed E-state index contributed by atoms with van der Waals surface area (Å²) in [6.07, 6.45) is 3.87. The number of aryl methyl sites for hydroxylation is 1. The van der Waals surface area contributed by atoms with Crippen LogP contribution in [0.25, 0.3) is 6.08 Å². The van der Waals surface area contributed by atoms with Crippen molar-refractivity contribution >= 4 is 23.6 Å². The Balaban J connectivity index is 1.98. The van der Waals surface area contributed by atoms with Crippen molar-refractivity contribution in [3.05, 3.63) is 52.6 Å². The molecule has 1 aromatic carbocycles. The Morgan fingerprint density at radius 3 is 2.71 bits per heavy atom. The van der Waals surface area contributed by atoms with Gasteiger partial charge in [-0.2, -0.15) is 4.98 Å². The summed E-state index contributed by atoms with van der Waals surface area (Å²) in [5.41, 5.74) is 0.901. The quantitative estimate of drug-likeness (QED) is 0.861. The van der Waals surface area contributed by atoms with Crippen molar-refractivity contribution in [2.45, 2.75) is 26.3 Å². The highest BCUT2D eigenvalue weighted by Gasteiger charge is 2.16. The standard InChI is InChI=1S/C15H16ClN3O2/c1-3-13(15-17-10(2)21-19-15)18-14(20)9-6-11-4-7-12(16)8-5-11/h4-9,13H,3H2,1-2H3,(H,18,20)/b9-6+. The molecule has 0 radical (unpaired) electrons. The van der Waals surface area contributed by atoms with E-state index < -0.39 is 0 Å². The van der Waals surface area contributed by atoms with Crippen LogP contribution in [0.15, 0.2) is 34.9 Å². The topological polar surface area (TPSA) is 68.0 Å². The average molecular weight is 306 g/mol. The van der Waals surface area contributed by atoms with Crippen LogP contribution in [0.2, 0.25) is 5.02 Å². The van der Waals surface area contributed by atoms with Crippen LogP contribution in [0.1, 0.15) is 36.7 Å². The number of benzene rings is 1. The molecular formula is C15H16ClN3O2. The molecule has 1 amide bonds. The molecule has 6 heteroatoms. The van der Waals surface area contributed by atoms with Gasteiger partial charge in [-0.3, -0.25) is 4.79 Å². The van der Waals surface area contributed by atoms with Gasteiger partial charge in [-0.15, -0.1) is 0 Å². The monoisotopic (exact) mass is 305 g/mol. The zero-order valence-electron chi connectivity index (χ0n) is 11.8. The van der Waals surface area contributed by atoms with E-state index in [0.717, 1.165) is 5.56 Å². The largest absolute Gasteiger partial charge is 0.342 e. The second kappa shape index (κ2) is 7.04. The van der Waals surface area contributed by atoms with Crippen LogP contribution in [0, 0.1) is 6.92 Å². The van der Waals surface area contributed by atoms with E-state index >= 15 is 0 Å². The Hall–Kier alpha value is -2.14. The smallest absolute Gasteiger partial charge is 0.244 e. The van der Waals surface area contributed by atoms with E-state index in [2.05, 4.69) is 15.5 Å². The highest BCUT2D eigenvalue weighted by atomic mass is 35.5. The lowest BCUT2D eigenvalue weighted by Gasteiger charge is -2.11. The van der Waals surface area contributed by atoms with Crippen LogP contribution >= 0.6 is 11.6 Å². The maximum absolute atomic E-state index is 11.9. The van der Waals surface area contributed by atoms with Crippen molar-refractivity contribution in [3.63, 3.8) is 0 Å². The Morgan fingerprint density at radius 2 is 2.14 bits per heavy atom. The fourth-order valence-corrected chi connectivity index (χ4v) is 1.90. The molecule has 0 bridgehead atoms. The van der Waals surface area contributed by atoms with Gasteiger partial charge in [0, 0.05) is 18.0 Å². The molecule has 1 N–H and O–H groups in total. The summed E-state index contributed by atoms with van der Waals surface area (Å²) in [5.74, 6) is 0.761. The van der Waals surface area contributed by atoms with E-state index in [1.54, 1.807) is 25.1 Å². The van der Waals surface area contributed by atoms with Crippen LogP contribution < -0.4 is 5.32 Å². The molecule has 1 heterocycles. The maximum atomic E-state index is 11.9. The van der Waals surface area contributed by atoms with Crippen LogP contribution in [-0.4, -0.2) is 16.0 Å². The Kier molecular flexibility index (Phi) is 5.11. The van der Waals surface area contributed by atoms with E-state index in [9.17, 15) is 4.79 Å². The number of carbonyl (C=O) groups is 1. The third-order valence-electron chi connectivity index (χ3n) is 2.88. The normalized spacial score (nSPS) is 12.5. The summed E-state index contributed by atoms with van der Waals surface area (Å²) in [7, 11) is 0. The molecule has 2 aromatic rings. The number of nitrogens with one attached hydrogen (secondary N) is 1. The second-order valence-corrected chi connectivity index (χ2v) is 4.96. The van der Waals surface area contributed by atoms with Gasteiger partial charge in [0.15, 0.2) is 5.82 Å². The SMILES string of the molecule is CCC(NC(=O)/C=C/c1ccc(Cl)cc1)c1noc(C)n1. The van der Waals surface area contributed by atoms with Crippen LogP contribution in [0.4, 0.5) is 0 Å². The molecule has 110 valence electrons. The fourth-order valence-electron chi connectivity index (χ4n) is 1.77. The number of carbonyl (C=O) groups excluding carboxylic acids is 1. The lowest BCUT2D eigenvalue weighted by Crippen LogP contribution is -2.27. The Morgan fingerprint density at radius 1 is 1.43 bits per heavy atom. The van der Waals surface area contributed by atoms with Gasteiger partial charge in [-0.1, -0.05) is 35.8 Å². The first-order valence-electron chi connectivity index (χ1n) is 6.63. The van der Waals surface area contributed by atoms with Gasteiger partial charge >= 0.3 is 0 Å². The van der Waals surface area contributed by atoms with Gasteiger partial charge in [-0.05, 0) is 30.2 Å². The maximum Gasteiger partial charge on any atom is 0.244 e. The molecule has 1 unspecified atom stereocenters. The summed E-state index contributed by atoms with van der Waals surface area (Å²) in [6.45, 7) is 3.66. The van der Waals surface area contributed by atoms with Gasteiger partial charge < -0.3 is 9.84 Å². The number of rotatable bonds is 5. The number of hydrogen-bond acceptors (Lipinski definition) is 4. The third-order valence-corrected chi connectivity index (χ3v) is 3.13. The van der Waals surface area contributed by atoms with Gasteiger partial charge in [0.2, 0.25) is 11.8 Å². The summed E-state index contributed by atoms with van der Waals surface area (Å²) >= 11 is 5.81. The number of hydrogen-bond donors (Lipinski definition) is 1. The van der Waals surface area contributed by atoms with Crippen molar-refractivity contribution in [2.75, 3.05) is 0 Å². The third kappa shape index (κ3) is 4.43. The molecule has 0 aliphatic heterocycles. The minimum atomic E-state index is -0.259. The molecule has 0 saturated carbocycles. The molecule has 5 nitrogen and oxygen atoms in total. The predicted molar refractivity (Wildman–Crippen MR) is 80.7 cm³/mol. The highest BCUT2D eigenvalue weighted by molar-refractivity contribution is 6.30. The predicted octanol–water partition coefficient (Wildman–Crippen LogP) is 3.31. The first-order valence-corrected chi connectivity index (χ1v) is 7.00. The Labute approximate surface area is 128 Å². The van der Waals surface area contributed by atoms with E-state index in [1.165, 1.54) is 6.08 Å². The molecule has 0 fully saturated rings. The zero-order valence-corrected chi connectivity index (χ0v) is 12.6. The van der Waals surface area contributed by atoms with Gasteiger partial charge in [0.25, 0.3) is 0 Å².